The number of carbonyl (C=O) groups excluding carboxylic acids is 1. The van der Waals surface area contributed by atoms with Crippen LogP contribution in [0.25, 0.3) is 0 Å². The molecule has 0 radical (unpaired) electrons. The smallest absolute Gasteiger partial charge is 0.261 e. The first-order valence-electron chi connectivity index (χ1n) is 11.0. The third-order valence-corrected chi connectivity index (χ3v) is 6.99. The first kappa shape index (κ1) is 24.5. The van der Waals surface area contributed by atoms with Crippen LogP contribution in [0.1, 0.15) is 49.4 Å². The quantitative estimate of drug-likeness (QED) is 0.452. The standard InChI is InChI=1S/C27H32N2O3S/c1-19-7-6-8-20(2)26(19)29-33(31,32)24-16-14-23(15-17-24)28-25(30)18-11-21-9-12-22(13-10-21)27(3,4)5/h6-10,12-17,29H,11,18H2,1-5H3,(H,28,30). The van der Waals surface area contributed by atoms with E-state index in [-0.39, 0.29) is 16.2 Å². The van der Waals surface area contributed by atoms with Crippen LogP contribution in [0, 0.1) is 13.8 Å². The Labute approximate surface area is 197 Å². The molecule has 3 aromatic carbocycles. The van der Waals surface area contributed by atoms with Crippen LogP contribution in [-0.4, -0.2) is 14.3 Å². The summed E-state index contributed by atoms with van der Waals surface area (Å²) in [5, 5.41) is 2.84. The lowest BCUT2D eigenvalue weighted by Gasteiger charge is -2.19. The van der Waals surface area contributed by atoms with Crippen molar-refractivity contribution in [1.82, 2.24) is 0 Å². The number of aryl methyl sites for hydroxylation is 3. The lowest BCUT2D eigenvalue weighted by Crippen LogP contribution is -2.15. The predicted molar refractivity (Wildman–Crippen MR) is 135 cm³/mol. The Morgan fingerprint density at radius 2 is 1.42 bits per heavy atom. The second-order valence-electron chi connectivity index (χ2n) is 9.39. The highest BCUT2D eigenvalue weighted by atomic mass is 32.2. The van der Waals surface area contributed by atoms with Gasteiger partial charge >= 0.3 is 0 Å². The van der Waals surface area contributed by atoms with Gasteiger partial charge in [-0.2, -0.15) is 0 Å². The summed E-state index contributed by atoms with van der Waals surface area (Å²) in [6, 6.07) is 20.2. The molecule has 3 aromatic rings. The minimum absolute atomic E-state index is 0.101. The molecule has 3 rings (SSSR count). The van der Waals surface area contributed by atoms with Crippen molar-refractivity contribution in [3.63, 3.8) is 0 Å². The minimum atomic E-state index is -3.73. The van der Waals surface area contributed by atoms with Gasteiger partial charge < -0.3 is 5.32 Å². The third-order valence-electron chi connectivity index (χ3n) is 5.63. The van der Waals surface area contributed by atoms with Gasteiger partial charge in [0.15, 0.2) is 0 Å². The van der Waals surface area contributed by atoms with Crippen LogP contribution in [0.5, 0.6) is 0 Å². The van der Waals surface area contributed by atoms with Crippen molar-refractivity contribution in [2.24, 2.45) is 0 Å². The van der Waals surface area contributed by atoms with Crippen molar-refractivity contribution in [2.75, 3.05) is 10.0 Å². The van der Waals surface area contributed by atoms with Crippen LogP contribution in [0.15, 0.2) is 71.6 Å². The van der Waals surface area contributed by atoms with Gasteiger partial charge in [0.1, 0.15) is 0 Å². The average molecular weight is 465 g/mol. The number of rotatable bonds is 7. The van der Waals surface area contributed by atoms with E-state index >= 15 is 0 Å². The van der Waals surface area contributed by atoms with E-state index < -0.39 is 10.0 Å². The molecule has 0 spiro atoms. The van der Waals surface area contributed by atoms with Crippen LogP contribution >= 0.6 is 0 Å². The molecule has 0 heterocycles. The highest BCUT2D eigenvalue weighted by Crippen LogP contribution is 2.25. The third kappa shape index (κ3) is 6.45. The van der Waals surface area contributed by atoms with Crippen molar-refractivity contribution in [2.45, 2.75) is 57.8 Å². The molecule has 174 valence electrons. The molecule has 5 nitrogen and oxygen atoms in total. The number of amides is 1. The summed E-state index contributed by atoms with van der Waals surface area (Å²) < 4.78 is 28.2. The zero-order chi connectivity index (χ0) is 24.2. The van der Waals surface area contributed by atoms with Crippen LogP contribution in [0.3, 0.4) is 0 Å². The molecule has 0 aromatic heterocycles. The molecule has 1 amide bonds. The summed E-state index contributed by atoms with van der Waals surface area (Å²) in [5.41, 5.74) is 5.34. The first-order valence-corrected chi connectivity index (χ1v) is 12.5. The Bertz CT molecular complexity index is 1200. The van der Waals surface area contributed by atoms with Crippen LogP contribution in [0.2, 0.25) is 0 Å². The number of carbonyl (C=O) groups is 1. The fraction of sp³-hybridized carbons (Fsp3) is 0.296. The number of hydrogen-bond donors (Lipinski definition) is 2. The zero-order valence-electron chi connectivity index (χ0n) is 19.9. The normalized spacial score (nSPS) is 11.8. The van der Waals surface area contributed by atoms with Gasteiger partial charge in [-0.1, -0.05) is 63.2 Å². The maximum absolute atomic E-state index is 12.8. The molecule has 0 aliphatic rings. The molecule has 0 fully saturated rings. The Morgan fingerprint density at radius 3 is 1.97 bits per heavy atom. The zero-order valence-corrected chi connectivity index (χ0v) is 20.7. The van der Waals surface area contributed by atoms with E-state index in [0.717, 1.165) is 16.7 Å². The van der Waals surface area contributed by atoms with Gasteiger partial charge in [0.05, 0.1) is 10.6 Å². The molecule has 0 unspecified atom stereocenters. The van der Waals surface area contributed by atoms with E-state index in [1.54, 1.807) is 12.1 Å². The number of benzene rings is 3. The molecule has 6 heteroatoms. The van der Waals surface area contributed by atoms with Gasteiger partial charge in [-0.15, -0.1) is 0 Å². The maximum atomic E-state index is 12.8. The average Bonchev–Trinajstić information content (AvgIpc) is 2.75. The molecule has 0 aliphatic carbocycles. The first-order chi connectivity index (χ1) is 15.5. The van der Waals surface area contributed by atoms with Gasteiger partial charge in [-0.05, 0) is 72.2 Å². The van der Waals surface area contributed by atoms with E-state index in [2.05, 4.69) is 55.1 Å². The summed E-state index contributed by atoms with van der Waals surface area (Å²) in [6.07, 6.45) is 0.992. The molecule has 0 atom stereocenters. The van der Waals surface area contributed by atoms with E-state index in [1.807, 2.05) is 32.0 Å². The van der Waals surface area contributed by atoms with E-state index in [1.165, 1.54) is 17.7 Å². The van der Waals surface area contributed by atoms with Crippen LogP contribution in [0.4, 0.5) is 11.4 Å². The molecular formula is C27H32N2O3S. The van der Waals surface area contributed by atoms with Crippen molar-refractivity contribution >= 4 is 27.3 Å². The fourth-order valence-corrected chi connectivity index (χ4v) is 4.74. The van der Waals surface area contributed by atoms with Crippen molar-refractivity contribution < 1.29 is 13.2 Å². The van der Waals surface area contributed by atoms with Crippen molar-refractivity contribution in [1.29, 1.82) is 0 Å². The second-order valence-corrected chi connectivity index (χ2v) is 11.1. The van der Waals surface area contributed by atoms with E-state index in [4.69, 9.17) is 0 Å². The summed E-state index contributed by atoms with van der Waals surface area (Å²) in [7, 11) is -3.73. The molecular weight excluding hydrogens is 432 g/mol. The van der Waals surface area contributed by atoms with E-state index in [9.17, 15) is 13.2 Å². The molecule has 0 bridgehead atoms. The Morgan fingerprint density at radius 1 is 0.848 bits per heavy atom. The largest absolute Gasteiger partial charge is 0.326 e. The summed E-state index contributed by atoms with van der Waals surface area (Å²) in [6.45, 7) is 10.2. The second kappa shape index (κ2) is 9.79. The highest BCUT2D eigenvalue weighted by molar-refractivity contribution is 7.92. The highest BCUT2D eigenvalue weighted by Gasteiger charge is 2.17. The van der Waals surface area contributed by atoms with Crippen LogP contribution < -0.4 is 10.0 Å². The molecule has 0 saturated carbocycles. The summed E-state index contributed by atoms with van der Waals surface area (Å²) in [5.74, 6) is -0.112. The Hall–Kier alpha value is -3.12. The topological polar surface area (TPSA) is 75.3 Å². The number of anilines is 2. The van der Waals surface area contributed by atoms with Gasteiger partial charge in [-0.3, -0.25) is 9.52 Å². The van der Waals surface area contributed by atoms with Gasteiger partial charge in [-0.25, -0.2) is 8.42 Å². The fourth-order valence-electron chi connectivity index (χ4n) is 3.54. The monoisotopic (exact) mass is 464 g/mol. The van der Waals surface area contributed by atoms with Gasteiger partial charge in [0, 0.05) is 12.1 Å². The summed E-state index contributed by atoms with van der Waals surface area (Å²) in [4.78, 5) is 12.5. The lowest BCUT2D eigenvalue weighted by atomic mass is 9.86. The summed E-state index contributed by atoms with van der Waals surface area (Å²) >= 11 is 0. The predicted octanol–water partition coefficient (Wildman–Crippen LogP) is 5.97. The number of sulfonamides is 1. The maximum Gasteiger partial charge on any atom is 0.261 e. The number of nitrogens with one attached hydrogen (secondary N) is 2. The number of para-hydroxylation sites is 1. The molecule has 33 heavy (non-hydrogen) atoms. The molecule has 0 saturated heterocycles. The van der Waals surface area contributed by atoms with Gasteiger partial charge in [0.2, 0.25) is 5.91 Å². The van der Waals surface area contributed by atoms with Gasteiger partial charge in [0.25, 0.3) is 10.0 Å². The number of hydrogen-bond acceptors (Lipinski definition) is 3. The van der Waals surface area contributed by atoms with Crippen molar-refractivity contribution in [3.05, 3.63) is 89.0 Å². The van der Waals surface area contributed by atoms with Crippen molar-refractivity contribution in [3.8, 4) is 0 Å². The minimum Gasteiger partial charge on any atom is -0.326 e. The Kier molecular flexibility index (Phi) is 7.28. The Balaban J connectivity index is 1.59. The van der Waals surface area contributed by atoms with E-state index in [0.29, 0.717) is 24.2 Å². The lowest BCUT2D eigenvalue weighted by molar-refractivity contribution is -0.116. The molecule has 0 aliphatic heterocycles. The SMILES string of the molecule is Cc1cccc(C)c1NS(=O)(=O)c1ccc(NC(=O)CCc2ccc(C(C)(C)C)cc2)cc1. The van der Waals surface area contributed by atoms with Crippen LogP contribution in [-0.2, 0) is 26.7 Å². The molecule has 2 N–H and O–H groups in total.